The lowest BCUT2D eigenvalue weighted by Gasteiger charge is -2.16. The number of methoxy groups -OCH3 is 1. The van der Waals surface area contributed by atoms with Crippen molar-refractivity contribution in [2.45, 2.75) is 20.8 Å². The Kier molecular flexibility index (Phi) is 5.60. The van der Waals surface area contributed by atoms with Crippen molar-refractivity contribution in [3.8, 4) is 5.75 Å². The number of ether oxygens (including phenoxy) is 1. The molecule has 0 spiro atoms. The van der Waals surface area contributed by atoms with E-state index in [4.69, 9.17) is 4.74 Å². The summed E-state index contributed by atoms with van der Waals surface area (Å²) in [6.07, 6.45) is 0. The van der Waals surface area contributed by atoms with Gasteiger partial charge in [-0.15, -0.1) is 11.3 Å². The molecule has 146 valence electrons. The molecule has 0 saturated carbocycles. The van der Waals surface area contributed by atoms with Crippen LogP contribution in [0.4, 0.5) is 5.69 Å². The Bertz CT molecular complexity index is 1040. The summed E-state index contributed by atoms with van der Waals surface area (Å²) >= 11 is 1.34. The normalized spacial score (nSPS) is 10.8. The topological polar surface area (TPSA) is 84.4 Å². The second-order valence-electron chi connectivity index (χ2n) is 6.53. The standard InChI is InChI=1S/C20H22N4O3S/c1-11-17-12(2)21-13(3)22-19(17)28-18(11)20(26)24(4)10-16(25)23-14-6-8-15(27-5)9-7-14/h6-9H,10H2,1-5H3,(H,23,25). The highest BCUT2D eigenvalue weighted by Gasteiger charge is 2.22. The van der Waals surface area contributed by atoms with Gasteiger partial charge >= 0.3 is 0 Å². The number of rotatable bonds is 5. The van der Waals surface area contributed by atoms with Crippen molar-refractivity contribution in [1.29, 1.82) is 0 Å². The highest BCUT2D eigenvalue weighted by molar-refractivity contribution is 7.20. The summed E-state index contributed by atoms with van der Waals surface area (Å²) in [5.74, 6) is 0.908. The van der Waals surface area contributed by atoms with Gasteiger partial charge in [0.1, 0.15) is 16.4 Å². The van der Waals surface area contributed by atoms with E-state index in [0.717, 1.165) is 21.5 Å². The minimum absolute atomic E-state index is 0.0533. The summed E-state index contributed by atoms with van der Waals surface area (Å²) in [4.78, 5) is 36.8. The number of aromatic nitrogens is 2. The zero-order chi connectivity index (χ0) is 20.4. The predicted octanol–water partition coefficient (Wildman–Crippen LogP) is 3.34. The van der Waals surface area contributed by atoms with Crippen LogP contribution in [0.15, 0.2) is 24.3 Å². The number of likely N-dealkylation sites (N-methyl/N-ethyl adjacent to an activating group) is 1. The van der Waals surface area contributed by atoms with Gasteiger partial charge in [-0.25, -0.2) is 9.97 Å². The van der Waals surface area contributed by atoms with Gasteiger partial charge in [0.2, 0.25) is 5.91 Å². The summed E-state index contributed by atoms with van der Waals surface area (Å²) in [7, 11) is 3.20. The fourth-order valence-electron chi connectivity index (χ4n) is 3.01. The third-order valence-corrected chi connectivity index (χ3v) is 5.55. The van der Waals surface area contributed by atoms with Crippen molar-refractivity contribution in [3.63, 3.8) is 0 Å². The molecule has 2 heterocycles. The molecule has 1 N–H and O–H groups in total. The molecule has 0 atom stereocenters. The molecule has 0 fully saturated rings. The number of hydrogen-bond acceptors (Lipinski definition) is 6. The van der Waals surface area contributed by atoms with Crippen molar-refractivity contribution >= 4 is 39.1 Å². The quantitative estimate of drug-likeness (QED) is 0.713. The maximum absolute atomic E-state index is 12.9. The van der Waals surface area contributed by atoms with Gasteiger partial charge in [-0.3, -0.25) is 9.59 Å². The van der Waals surface area contributed by atoms with Crippen LogP contribution in [0.2, 0.25) is 0 Å². The maximum atomic E-state index is 12.9. The van der Waals surface area contributed by atoms with E-state index in [2.05, 4.69) is 15.3 Å². The van der Waals surface area contributed by atoms with Crippen molar-refractivity contribution in [2.24, 2.45) is 0 Å². The number of anilines is 1. The molecule has 0 radical (unpaired) electrons. The van der Waals surface area contributed by atoms with Crippen molar-refractivity contribution in [2.75, 3.05) is 26.0 Å². The van der Waals surface area contributed by atoms with Crippen LogP contribution >= 0.6 is 11.3 Å². The fourth-order valence-corrected chi connectivity index (χ4v) is 4.29. The molecular weight excluding hydrogens is 376 g/mol. The summed E-state index contributed by atoms with van der Waals surface area (Å²) < 4.78 is 5.10. The number of nitrogens with one attached hydrogen (secondary N) is 1. The van der Waals surface area contributed by atoms with Crippen molar-refractivity contribution < 1.29 is 14.3 Å². The van der Waals surface area contributed by atoms with Gasteiger partial charge in [-0.2, -0.15) is 0 Å². The van der Waals surface area contributed by atoms with E-state index in [0.29, 0.717) is 22.1 Å². The molecule has 28 heavy (non-hydrogen) atoms. The summed E-state index contributed by atoms with van der Waals surface area (Å²) in [6, 6.07) is 7.02. The lowest BCUT2D eigenvalue weighted by Crippen LogP contribution is -2.34. The molecule has 7 nitrogen and oxygen atoms in total. The second-order valence-corrected chi connectivity index (χ2v) is 7.53. The zero-order valence-electron chi connectivity index (χ0n) is 16.5. The molecule has 0 bridgehead atoms. The molecule has 2 amide bonds. The Morgan fingerprint density at radius 3 is 2.46 bits per heavy atom. The van der Waals surface area contributed by atoms with Crippen LogP contribution < -0.4 is 10.1 Å². The van der Waals surface area contributed by atoms with Crippen LogP contribution in [0.1, 0.15) is 26.8 Å². The summed E-state index contributed by atoms with van der Waals surface area (Å²) in [5, 5.41) is 3.69. The first-order valence-corrected chi connectivity index (χ1v) is 9.55. The monoisotopic (exact) mass is 398 g/mol. The number of thiophene rings is 1. The minimum Gasteiger partial charge on any atom is -0.497 e. The SMILES string of the molecule is COc1ccc(NC(=O)CN(C)C(=O)c2sc3nc(C)nc(C)c3c2C)cc1. The number of hydrogen-bond donors (Lipinski definition) is 1. The fraction of sp³-hybridized carbons (Fsp3) is 0.300. The molecular formula is C20H22N4O3S. The van der Waals surface area contributed by atoms with Crippen LogP contribution in [-0.4, -0.2) is 47.4 Å². The van der Waals surface area contributed by atoms with E-state index < -0.39 is 0 Å². The summed E-state index contributed by atoms with van der Waals surface area (Å²) in [5.41, 5.74) is 2.35. The number of carbonyl (C=O) groups is 2. The van der Waals surface area contributed by atoms with Gasteiger partial charge in [-0.05, 0) is 50.6 Å². The zero-order valence-corrected chi connectivity index (χ0v) is 17.3. The van der Waals surface area contributed by atoms with Crippen LogP contribution in [0.3, 0.4) is 0 Å². The van der Waals surface area contributed by atoms with Gasteiger partial charge in [0.15, 0.2) is 0 Å². The molecule has 0 aliphatic heterocycles. The number of fused-ring (bicyclic) bond motifs is 1. The Morgan fingerprint density at radius 1 is 1.14 bits per heavy atom. The first-order valence-electron chi connectivity index (χ1n) is 8.74. The molecule has 1 aromatic carbocycles. The van der Waals surface area contributed by atoms with E-state index in [1.165, 1.54) is 16.2 Å². The molecule has 3 rings (SSSR count). The van der Waals surface area contributed by atoms with Gasteiger partial charge < -0.3 is 15.0 Å². The van der Waals surface area contributed by atoms with E-state index in [-0.39, 0.29) is 18.4 Å². The minimum atomic E-state index is -0.272. The third kappa shape index (κ3) is 3.96. The molecule has 3 aromatic rings. The Morgan fingerprint density at radius 2 is 1.82 bits per heavy atom. The molecule has 0 aliphatic rings. The number of nitrogens with zero attached hydrogens (tertiary/aromatic N) is 3. The smallest absolute Gasteiger partial charge is 0.264 e. The van der Waals surface area contributed by atoms with E-state index in [1.54, 1.807) is 38.4 Å². The van der Waals surface area contributed by atoms with Crippen LogP contribution in [-0.2, 0) is 4.79 Å². The number of aryl methyl sites for hydroxylation is 3. The molecule has 2 aromatic heterocycles. The highest BCUT2D eigenvalue weighted by Crippen LogP contribution is 2.31. The predicted molar refractivity (Wildman–Crippen MR) is 110 cm³/mol. The van der Waals surface area contributed by atoms with Gasteiger partial charge in [0, 0.05) is 23.8 Å². The van der Waals surface area contributed by atoms with Crippen molar-refractivity contribution in [1.82, 2.24) is 14.9 Å². The van der Waals surface area contributed by atoms with Gasteiger partial charge in [0.05, 0.1) is 18.5 Å². The summed E-state index contributed by atoms with van der Waals surface area (Å²) in [6.45, 7) is 5.58. The molecule has 8 heteroatoms. The first kappa shape index (κ1) is 19.8. The van der Waals surface area contributed by atoms with Gasteiger partial charge in [-0.1, -0.05) is 0 Å². The Labute approximate surface area is 167 Å². The van der Waals surface area contributed by atoms with E-state index in [1.807, 2.05) is 20.8 Å². The largest absolute Gasteiger partial charge is 0.497 e. The molecule has 0 aliphatic carbocycles. The molecule has 0 unspecified atom stereocenters. The lowest BCUT2D eigenvalue weighted by atomic mass is 10.1. The Hall–Kier alpha value is -3.00. The molecule has 0 saturated heterocycles. The van der Waals surface area contributed by atoms with E-state index in [9.17, 15) is 9.59 Å². The third-order valence-electron chi connectivity index (χ3n) is 4.38. The van der Waals surface area contributed by atoms with Crippen LogP contribution in [0, 0.1) is 20.8 Å². The van der Waals surface area contributed by atoms with E-state index >= 15 is 0 Å². The average molecular weight is 398 g/mol. The highest BCUT2D eigenvalue weighted by atomic mass is 32.1. The number of benzene rings is 1. The number of amides is 2. The first-order chi connectivity index (χ1) is 13.3. The lowest BCUT2D eigenvalue weighted by molar-refractivity contribution is -0.116. The van der Waals surface area contributed by atoms with Gasteiger partial charge in [0.25, 0.3) is 5.91 Å². The second kappa shape index (κ2) is 7.93. The average Bonchev–Trinajstić information content (AvgIpc) is 2.98. The maximum Gasteiger partial charge on any atom is 0.264 e. The van der Waals surface area contributed by atoms with Crippen LogP contribution in [0.25, 0.3) is 10.2 Å². The van der Waals surface area contributed by atoms with Crippen molar-refractivity contribution in [3.05, 3.63) is 46.2 Å². The number of carbonyl (C=O) groups excluding carboxylic acids is 2. The Balaban J connectivity index is 1.73. The van der Waals surface area contributed by atoms with Crippen LogP contribution in [0.5, 0.6) is 5.75 Å².